The van der Waals surface area contributed by atoms with Crippen molar-refractivity contribution in [1.82, 2.24) is 10.2 Å². The quantitative estimate of drug-likeness (QED) is 0.849. The number of anilines is 1. The van der Waals surface area contributed by atoms with Gasteiger partial charge in [0, 0.05) is 7.05 Å². The SMILES string of the molecule is COc1ccccc1N(C)S(=O)(=O)c1[nH]ncc1C(=O)O. The molecule has 2 aromatic rings. The highest BCUT2D eigenvalue weighted by Crippen LogP contribution is 2.31. The van der Waals surface area contributed by atoms with Gasteiger partial charge in [0.2, 0.25) is 0 Å². The molecule has 8 nitrogen and oxygen atoms in total. The van der Waals surface area contributed by atoms with E-state index in [1.54, 1.807) is 24.3 Å². The lowest BCUT2D eigenvalue weighted by molar-refractivity contribution is 0.0692. The zero-order valence-corrected chi connectivity index (χ0v) is 12.1. The van der Waals surface area contributed by atoms with Crippen LogP contribution in [0, 0.1) is 0 Å². The number of aromatic amines is 1. The molecule has 0 aliphatic heterocycles. The second-order valence-electron chi connectivity index (χ2n) is 4.06. The topological polar surface area (TPSA) is 113 Å². The molecule has 0 bridgehead atoms. The molecule has 1 heterocycles. The predicted octanol–water partition coefficient (Wildman–Crippen LogP) is 0.942. The van der Waals surface area contributed by atoms with Crippen molar-refractivity contribution in [3.63, 3.8) is 0 Å². The summed E-state index contributed by atoms with van der Waals surface area (Å²) in [5.41, 5.74) is -0.136. The fourth-order valence-corrected chi connectivity index (χ4v) is 3.05. The van der Waals surface area contributed by atoms with Crippen LogP contribution in [0.4, 0.5) is 5.69 Å². The molecule has 21 heavy (non-hydrogen) atoms. The predicted molar refractivity (Wildman–Crippen MR) is 74.1 cm³/mol. The molecular weight excluding hydrogens is 298 g/mol. The molecule has 0 unspecified atom stereocenters. The van der Waals surface area contributed by atoms with Crippen LogP contribution in [0.15, 0.2) is 35.5 Å². The summed E-state index contributed by atoms with van der Waals surface area (Å²) in [5.74, 6) is -1.03. The molecule has 0 aliphatic carbocycles. The highest BCUT2D eigenvalue weighted by Gasteiger charge is 2.30. The molecule has 0 aliphatic rings. The minimum Gasteiger partial charge on any atom is -0.495 e. The molecule has 0 saturated carbocycles. The largest absolute Gasteiger partial charge is 0.495 e. The molecule has 1 aromatic heterocycles. The molecule has 0 amide bonds. The standard InChI is InChI=1S/C12H13N3O5S/c1-15(9-5-3-4-6-10(9)20-2)21(18,19)11-8(12(16)17)7-13-14-11/h3-7H,1-2H3,(H,13,14)(H,16,17). The molecule has 112 valence electrons. The molecule has 0 fully saturated rings. The highest BCUT2D eigenvalue weighted by atomic mass is 32.2. The Bertz CT molecular complexity index is 769. The number of H-pyrrole nitrogens is 1. The van der Waals surface area contributed by atoms with Gasteiger partial charge in [0.05, 0.1) is 19.0 Å². The van der Waals surface area contributed by atoms with E-state index in [2.05, 4.69) is 10.2 Å². The summed E-state index contributed by atoms with van der Waals surface area (Å²) in [6, 6.07) is 6.50. The number of hydrogen-bond donors (Lipinski definition) is 2. The smallest absolute Gasteiger partial charge is 0.340 e. The van der Waals surface area contributed by atoms with Gasteiger partial charge in [-0.2, -0.15) is 13.5 Å². The molecule has 0 spiro atoms. The van der Waals surface area contributed by atoms with Gasteiger partial charge in [-0.3, -0.25) is 9.40 Å². The van der Waals surface area contributed by atoms with Crippen LogP contribution in [0.25, 0.3) is 0 Å². The summed E-state index contributed by atoms with van der Waals surface area (Å²) in [7, 11) is -1.38. The summed E-state index contributed by atoms with van der Waals surface area (Å²) in [6.07, 6.45) is 0.950. The fourth-order valence-electron chi connectivity index (χ4n) is 1.78. The lowest BCUT2D eigenvalue weighted by Gasteiger charge is -2.20. The van der Waals surface area contributed by atoms with Crippen LogP contribution in [-0.2, 0) is 10.0 Å². The lowest BCUT2D eigenvalue weighted by atomic mass is 10.3. The third kappa shape index (κ3) is 2.55. The van der Waals surface area contributed by atoms with Gasteiger partial charge in [0.15, 0.2) is 5.03 Å². The van der Waals surface area contributed by atoms with E-state index in [4.69, 9.17) is 9.84 Å². The van der Waals surface area contributed by atoms with Crippen molar-refractivity contribution < 1.29 is 23.1 Å². The van der Waals surface area contributed by atoms with Crippen LogP contribution < -0.4 is 9.04 Å². The molecule has 9 heteroatoms. The Kier molecular flexibility index (Phi) is 3.85. The maximum absolute atomic E-state index is 12.5. The number of ether oxygens (including phenoxy) is 1. The number of nitrogens with zero attached hydrogens (tertiary/aromatic N) is 2. The Morgan fingerprint density at radius 1 is 1.38 bits per heavy atom. The number of carboxylic acids is 1. The number of methoxy groups -OCH3 is 1. The number of hydrogen-bond acceptors (Lipinski definition) is 5. The van der Waals surface area contributed by atoms with Gasteiger partial charge >= 0.3 is 5.97 Å². The molecule has 0 atom stereocenters. The normalized spacial score (nSPS) is 11.1. The van der Waals surface area contributed by atoms with Crippen molar-refractivity contribution in [2.75, 3.05) is 18.5 Å². The summed E-state index contributed by atoms with van der Waals surface area (Å²) in [4.78, 5) is 11.0. The van der Waals surface area contributed by atoms with Crippen LogP contribution >= 0.6 is 0 Å². The first-order valence-corrected chi connectivity index (χ1v) is 7.22. The van der Waals surface area contributed by atoms with Crippen molar-refractivity contribution in [3.8, 4) is 5.75 Å². The lowest BCUT2D eigenvalue weighted by Crippen LogP contribution is -2.28. The van der Waals surface area contributed by atoms with Crippen molar-refractivity contribution in [2.24, 2.45) is 0 Å². The first kappa shape index (κ1) is 14.9. The number of carbonyl (C=O) groups is 1. The average Bonchev–Trinajstić information content (AvgIpc) is 2.96. The minimum absolute atomic E-state index is 0.283. The number of benzene rings is 1. The van der Waals surface area contributed by atoms with Gasteiger partial charge in [0.25, 0.3) is 10.0 Å². The number of nitrogens with one attached hydrogen (secondary N) is 1. The molecule has 0 saturated heterocycles. The zero-order valence-electron chi connectivity index (χ0n) is 11.3. The Morgan fingerprint density at radius 3 is 2.67 bits per heavy atom. The van der Waals surface area contributed by atoms with Crippen LogP contribution in [0.2, 0.25) is 0 Å². The van der Waals surface area contributed by atoms with Crippen LogP contribution in [0.1, 0.15) is 10.4 Å². The number of rotatable bonds is 5. The van der Waals surface area contributed by atoms with Crippen LogP contribution in [0.3, 0.4) is 0 Å². The van der Waals surface area contributed by atoms with Gasteiger partial charge < -0.3 is 9.84 Å². The third-order valence-corrected chi connectivity index (χ3v) is 4.62. The molecule has 1 aromatic carbocycles. The van der Waals surface area contributed by atoms with E-state index < -0.39 is 26.6 Å². The Labute approximate surface area is 121 Å². The summed E-state index contributed by atoms with van der Waals surface area (Å²) < 4.78 is 31.1. The van der Waals surface area contributed by atoms with Crippen LogP contribution in [-0.4, -0.2) is 43.8 Å². The molecule has 2 rings (SSSR count). The highest BCUT2D eigenvalue weighted by molar-refractivity contribution is 7.92. The number of carboxylic acid groups (broad SMARTS) is 1. The summed E-state index contributed by atoms with van der Waals surface area (Å²) in [6.45, 7) is 0. The minimum atomic E-state index is -4.10. The second kappa shape index (κ2) is 5.44. The van der Waals surface area contributed by atoms with E-state index in [-0.39, 0.29) is 5.69 Å². The summed E-state index contributed by atoms with van der Waals surface area (Å²) >= 11 is 0. The zero-order chi connectivity index (χ0) is 15.6. The van der Waals surface area contributed by atoms with Gasteiger partial charge in [-0.05, 0) is 12.1 Å². The van der Waals surface area contributed by atoms with Crippen LogP contribution in [0.5, 0.6) is 5.75 Å². The maximum Gasteiger partial charge on any atom is 0.340 e. The summed E-state index contributed by atoms with van der Waals surface area (Å²) in [5, 5.41) is 14.2. The van der Waals surface area contributed by atoms with E-state index in [0.29, 0.717) is 5.75 Å². The van der Waals surface area contributed by atoms with E-state index in [1.165, 1.54) is 14.2 Å². The van der Waals surface area contributed by atoms with Gasteiger partial charge in [-0.15, -0.1) is 0 Å². The number of sulfonamides is 1. The molecular formula is C12H13N3O5S. The molecule has 2 N–H and O–H groups in total. The third-order valence-electron chi connectivity index (χ3n) is 2.88. The van der Waals surface area contributed by atoms with Crippen molar-refractivity contribution in [1.29, 1.82) is 0 Å². The van der Waals surface area contributed by atoms with Crippen molar-refractivity contribution in [3.05, 3.63) is 36.0 Å². The van der Waals surface area contributed by atoms with E-state index in [9.17, 15) is 13.2 Å². The first-order valence-electron chi connectivity index (χ1n) is 5.78. The number of aromatic nitrogens is 2. The number of para-hydroxylation sites is 2. The second-order valence-corrected chi connectivity index (χ2v) is 5.97. The maximum atomic E-state index is 12.5. The Hall–Kier alpha value is -2.55. The fraction of sp³-hybridized carbons (Fsp3) is 0.167. The van der Waals surface area contributed by atoms with E-state index in [0.717, 1.165) is 10.5 Å². The average molecular weight is 311 g/mol. The van der Waals surface area contributed by atoms with E-state index in [1.807, 2.05) is 0 Å². The van der Waals surface area contributed by atoms with Crippen molar-refractivity contribution >= 4 is 21.7 Å². The van der Waals surface area contributed by atoms with Crippen molar-refractivity contribution in [2.45, 2.75) is 5.03 Å². The Balaban J connectivity index is 2.53. The van der Waals surface area contributed by atoms with Gasteiger partial charge in [-0.25, -0.2) is 4.79 Å². The van der Waals surface area contributed by atoms with Gasteiger partial charge in [0.1, 0.15) is 11.3 Å². The monoisotopic (exact) mass is 311 g/mol. The van der Waals surface area contributed by atoms with E-state index >= 15 is 0 Å². The Morgan fingerprint density at radius 2 is 2.05 bits per heavy atom. The first-order chi connectivity index (χ1) is 9.89. The molecule has 0 radical (unpaired) electrons. The van der Waals surface area contributed by atoms with Gasteiger partial charge in [-0.1, -0.05) is 12.1 Å². The number of aromatic carboxylic acids is 1.